The molecular formula is C43H59FO6. The number of benzene rings is 3. The summed E-state index contributed by atoms with van der Waals surface area (Å²) in [4.78, 5) is 12.7. The Hall–Kier alpha value is -3.42. The van der Waals surface area contributed by atoms with E-state index in [9.17, 15) is 9.18 Å². The van der Waals surface area contributed by atoms with Crippen molar-refractivity contribution in [2.24, 2.45) is 5.41 Å². The highest BCUT2D eigenvalue weighted by molar-refractivity contribution is 5.91. The van der Waals surface area contributed by atoms with Gasteiger partial charge < -0.3 is 23.7 Å². The van der Waals surface area contributed by atoms with E-state index in [1.807, 2.05) is 37.3 Å². The summed E-state index contributed by atoms with van der Waals surface area (Å²) in [6.45, 7) is 10.4. The lowest BCUT2D eigenvalue weighted by Gasteiger charge is -2.37. The van der Waals surface area contributed by atoms with Crippen LogP contribution in [0.25, 0.3) is 11.1 Å². The molecule has 0 aliphatic carbocycles. The van der Waals surface area contributed by atoms with Crippen LogP contribution >= 0.6 is 0 Å². The number of carbonyl (C=O) groups excluding carboxylic acids is 1. The van der Waals surface area contributed by atoms with Gasteiger partial charge in [-0.2, -0.15) is 0 Å². The van der Waals surface area contributed by atoms with Gasteiger partial charge >= 0.3 is 5.97 Å². The summed E-state index contributed by atoms with van der Waals surface area (Å²) in [6.07, 6.45) is 16.5. The number of rotatable bonds is 25. The Morgan fingerprint density at radius 2 is 1.36 bits per heavy atom. The molecule has 4 rings (SSSR count). The van der Waals surface area contributed by atoms with Gasteiger partial charge in [0.05, 0.1) is 38.1 Å². The van der Waals surface area contributed by atoms with Crippen LogP contribution in [0.15, 0.2) is 66.7 Å². The van der Waals surface area contributed by atoms with Crippen LogP contribution in [-0.2, 0) is 9.47 Å². The molecule has 0 unspecified atom stereocenters. The molecule has 1 aliphatic rings. The van der Waals surface area contributed by atoms with Crippen molar-refractivity contribution in [3.05, 3.63) is 78.1 Å². The molecule has 1 heterocycles. The molecule has 6 nitrogen and oxygen atoms in total. The zero-order chi connectivity index (χ0) is 35.4. The first-order valence-electron chi connectivity index (χ1n) is 19.0. The molecule has 0 spiro atoms. The lowest BCUT2D eigenvalue weighted by atomic mass is 9.90. The van der Waals surface area contributed by atoms with Gasteiger partial charge in [0.1, 0.15) is 11.5 Å². The Balaban J connectivity index is 1.05. The first-order chi connectivity index (χ1) is 24.3. The highest BCUT2D eigenvalue weighted by Crippen LogP contribution is 2.29. The zero-order valence-corrected chi connectivity index (χ0v) is 30.7. The van der Waals surface area contributed by atoms with Gasteiger partial charge in [0.15, 0.2) is 11.6 Å². The van der Waals surface area contributed by atoms with Crippen LogP contribution in [0.4, 0.5) is 4.39 Å². The van der Waals surface area contributed by atoms with Gasteiger partial charge in [-0.3, -0.25) is 0 Å². The average molecular weight is 691 g/mol. The number of halogens is 1. The van der Waals surface area contributed by atoms with Crippen LogP contribution in [0.3, 0.4) is 0 Å². The maximum absolute atomic E-state index is 14.8. The molecule has 0 N–H and O–H groups in total. The Morgan fingerprint density at radius 1 is 0.760 bits per heavy atom. The van der Waals surface area contributed by atoms with Crippen molar-refractivity contribution in [3.8, 4) is 28.4 Å². The molecule has 274 valence electrons. The zero-order valence-electron chi connectivity index (χ0n) is 30.7. The number of ether oxygens (including phenoxy) is 5. The summed E-state index contributed by atoms with van der Waals surface area (Å²) in [7, 11) is 0. The molecule has 1 aliphatic heterocycles. The fraction of sp³-hybridized carbons (Fsp3) is 0.558. The fourth-order valence-electron chi connectivity index (χ4n) is 6.06. The quantitative estimate of drug-likeness (QED) is 0.0501. The van der Waals surface area contributed by atoms with Crippen LogP contribution in [0.1, 0.15) is 121 Å². The van der Waals surface area contributed by atoms with E-state index in [1.165, 1.54) is 63.9 Å². The number of hydrogen-bond donors (Lipinski definition) is 0. The van der Waals surface area contributed by atoms with Crippen LogP contribution in [0, 0.1) is 11.2 Å². The Labute approximate surface area is 300 Å². The Bertz CT molecular complexity index is 1390. The summed E-state index contributed by atoms with van der Waals surface area (Å²) < 4.78 is 43.2. The van der Waals surface area contributed by atoms with E-state index in [0.29, 0.717) is 17.9 Å². The third-order valence-corrected chi connectivity index (χ3v) is 9.27. The molecule has 50 heavy (non-hydrogen) atoms. The molecule has 0 bridgehead atoms. The van der Waals surface area contributed by atoms with Gasteiger partial charge in [-0.25, -0.2) is 9.18 Å². The number of hydrogen-bond acceptors (Lipinski definition) is 6. The molecule has 1 atom stereocenters. The number of unbranched alkanes of at least 4 members (excludes halogenated alkanes) is 11. The minimum absolute atomic E-state index is 0.0333. The van der Waals surface area contributed by atoms with E-state index < -0.39 is 5.97 Å². The van der Waals surface area contributed by atoms with Crippen molar-refractivity contribution >= 4 is 5.97 Å². The third-order valence-electron chi connectivity index (χ3n) is 9.27. The van der Waals surface area contributed by atoms with Crippen LogP contribution < -0.4 is 14.2 Å². The molecule has 3 aromatic rings. The number of esters is 1. The maximum Gasteiger partial charge on any atom is 0.343 e. The van der Waals surface area contributed by atoms with Crippen molar-refractivity contribution in [2.75, 3.05) is 33.0 Å². The lowest BCUT2D eigenvalue weighted by Crippen LogP contribution is -2.43. The predicted molar refractivity (Wildman–Crippen MR) is 199 cm³/mol. The van der Waals surface area contributed by atoms with Crippen molar-refractivity contribution < 1.29 is 32.9 Å². The second-order valence-corrected chi connectivity index (χ2v) is 14.2. The fourth-order valence-corrected chi connectivity index (χ4v) is 6.06. The second-order valence-electron chi connectivity index (χ2n) is 14.2. The smallest absolute Gasteiger partial charge is 0.343 e. The van der Waals surface area contributed by atoms with Gasteiger partial charge in [0.25, 0.3) is 0 Å². The summed E-state index contributed by atoms with van der Waals surface area (Å²) in [5, 5.41) is 0. The normalized spacial score (nSPS) is 14.2. The highest BCUT2D eigenvalue weighted by Gasteiger charge is 2.33. The Morgan fingerprint density at radius 3 is 1.98 bits per heavy atom. The van der Waals surface area contributed by atoms with E-state index in [4.69, 9.17) is 23.7 Å². The van der Waals surface area contributed by atoms with Gasteiger partial charge in [-0.15, -0.1) is 0 Å². The summed E-state index contributed by atoms with van der Waals surface area (Å²) in [5.74, 6) is 0.615. The summed E-state index contributed by atoms with van der Waals surface area (Å²) in [5.41, 5.74) is 2.25. The highest BCUT2D eigenvalue weighted by atomic mass is 19.1. The van der Waals surface area contributed by atoms with Crippen molar-refractivity contribution in [3.63, 3.8) is 0 Å². The van der Waals surface area contributed by atoms with Crippen LogP contribution in [0.5, 0.6) is 17.2 Å². The van der Waals surface area contributed by atoms with Crippen molar-refractivity contribution in [1.29, 1.82) is 0 Å². The molecule has 0 amide bonds. The SMILES string of the molecule is CCCCCC[C@@H](C)Oc1ccc(-c2ccc(OC(=O)c3ccc(OCCCCCCCCCCCOCC4(C)COC4)cc3)cc2)cc1F. The second kappa shape index (κ2) is 21.7. The van der Waals surface area contributed by atoms with Crippen LogP contribution in [-0.4, -0.2) is 45.1 Å². The molecule has 1 fully saturated rings. The summed E-state index contributed by atoms with van der Waals surface area (Å²) >= 11 is 0. The van der Waals surface area contributed by atoms with Crippen molar-refractivity contribution in [1.82, 2.24) is 0 Å². The largest absolute Gasteiger partial charge is 0.494 e. The minimum atomic E-state index is -0.442. The van der Waals surface area contributed by atoms with E-state index >= 15 is 0 Å². The van der Waals surface area contributed by atoms with Gasteiger partial charge in [0, 0.05) is 12.0 Å². The van der Waals surface area contributed by atoms with Crippen molar-refractivity contribution in [2.45, 2.75) is 117 Å². The molecule has 0 saturated carbocycles. The first-order valence-corrected chi connectivity index (χ1v) is 19.0. The molecule has 1 saturated heterocycles. The van der Waals surface area contributed by atoms with E-state index in [-0.39, 0.29) is 23.1 Å². The standard InChI is InChI=1S/C43H59FO6/c1-4-5-6-14-17-34(2)49-41-27-22-37(30-40(41)44)35-18-25-39(26-19-35)50-42(45)36-20-23-38(24-21-36)48-29-16-13-11-9-7-8-10-12-15-28-46-31-43(3)32-47-33-43/h18-27,30,34H,4-17,28-29,31-33H2,1-3H3/t34-/m1/s1. The predicted octanol–water partition coefficient (Wildman–Crippen LogP) is 11.4. The third kappa shape index (κ3) is 14.1. The van der Waals surface area contributed by atoms with E-state index in [1.54, 1.807) is 30.3 Å². The summed E-state index contributed by atoms with van der Waals surface area (Å²) in [6, 6.07) is 19.2. The number of carbonyl (C=O) groups is 1. The Kier molecular flexibility index (Phi) is 17.1. The average Bonchev–Trinajstić information content (AvgIpc) is 3.11. The maximum atomic E-state index is 14.8. The molecule has 7 heteroatoms. The van der Waals surface area contributed by atoms with E-state index in [2.05, 4.69) is 13.8 Å². The monoisotopic (exact) mass is 690 g/mol. The molecule has 3 aromatic carbocycles. The first kappa shape index (κ1) is 39.4. The van der Waals surface area contributed by atoms with Crippen LogP contribution in [0.2, 0.25) is 0 Å². The molecular weight excluding hydrogens is 631 g/mol. The lowest BCUT2D eigenvalue weighted by molar-refractivity contribution is -0.137. The van der Waals surface area contributed by atoms with Gasteiger partial charge in [-0.05, 0) is 92.3 Å². The van der Waals surface area contributed by atoms with E-state index in [0.717, 1.165) is 75.4 Å². The van der Waals surface area contributed by atoms with Gasteiger partial charge in [-0.1, -0.05) is 96.3 Å². The minimum Gasteiger partial charge on any atom is -0.494 e. The van der Waals surface area contributed by atoms with Gasteiger partial charge in [0.2, 0.25) is 0 Å². The molecule has 0 aromatic heterocycles. The molecule has 0 radical (unpaired) electrons. The topological polar surface area (TPSA) is 63.2 Å².